The molecule has 3 rings (SSSR count). The summed E-state index contributed by atoms with van der Waals surface area (Å²) in [5, 5.41) is 3.65. The lowest BCUT2D eigenvalue weighted by Crippen LogP contribution is -2.29. The first-order valence-corrected chi connectivity index (χ1v) is 8.70. The zero-order chi connectivity index (χ0) is 15.5. The lowest BCUT2D eigenvalue weighted by atomic mass is 10.3. The summed E-state index contributed by atoms with van der Waals surface area (Å²) >= 11 is 9.08. The molecule has 0 saturated carbocycles. The molecule has 0 unspecified atom stereocenters. The Morgan fingerprint density at radius 3 is 2.86 bits per heavy atom. The largest absolute Gasteiger partial charge is 0.297 e. The van der Waals surface area contributed by atoms with E-state index in [9.17, 15) is 4.79 Å². The zero-order valence-electron chi connectivity index (χ0n) is 11.7. The fourth-order valence-corrected chi connectivity index (χ4v) is 4.02. The minimum atomic E-state index is -0.0548. The number of amides is 1. The fourth-order valence-electron chi connectivity index (χ4n) is 1.99. The second-order valence-corrected chi connectivity index (χ2v) is 6.67. The smallest absolute Gasteiger partial charge is 0.269 e. The Kier molecular flexibility index (Phi) is 4.52. The molecule has 0 N–H and O–H groups in total. The molecule has 4 nitrogen and oxygen atoms in total. The summed E-state index contributed by atoms with van der Waals surface area (Å²) in [5.41, 5.74) is 0.889. The third kappa shape index (κ3) is 2.90. The number of carbonyl (C=O) groups excluding carboxylic acids is 1. The summed E-state index contributed by atoms with van der Waals surface area (Å²) in [5.74, 6) is -0.0548. The predicted octanol–water partition coefficient (Wildman–Crippen LogP) is 4.59. The lowest BCUT2D eigenvalue weighted by Gasteiger charge is -2.17. The van der Waals surface area contributed by atoms with Gasteiger partial charge in [0.25, 0.3) is 5.91 Å². The van der Waals surface area contributed by atoms with Crippen molar-refractivity contribution in [2.24, 2.45) is 0 Å². The van der Waals surface area contributed by atoms with Crippen molar-refractivity contribution in [1.82, 2.24) is 9.97 Å². The van der Waals surface area contributed by atoms with Gasteiger partial charge in [0.2, 0.25) is 0 Å². The number of thiazole rings is 1. The van der Waals surface area contributed by atoms with Crippen molar-refractivity contribution in [3.63, 3.8) is 0 Å². The maximum Gasteiger partial charge on any atom is 0.269 e. The first-order valence-electron chi connectivity index (χ1n) is 6.62. The number of anilines is 1. The van der Waals surface area contributed by atoms with E-state index in [1.807, 2.05) is 36.6 Å². The highest BCUT2D eigenvalue weighted by molar-refractivity contribution is 7.20. The summed E-state index contributed by atoms with van der Waals surface area (Å²) in [6, 6.07) is 7.44. The molecule has 0 bridgehead atoms. The van der Waals surface area contributed by atoms with Gasteiger partial charge < -0.3 is 0 Å². The van der Waals surface area contributed by atoms with Gasteiger partial charge in [0.1, 0.15) is 10.0 Å². The van der Waals surface area contributed by atoms with E-state index in [0.717, 1.165) is 10.6 Å². The molecule has 0 atom stereocenters. The number of thiophene rings is 1. The van der Waals surface area contributed by atoms with Crippen LogP contribution in [0.3, 0.4) is 0 Å². The minimum Gasteiger partial charge on any atom is -0.297 e. The number of nitrogens with zero attached hydrogens (tertiary/aromatic N) is 3. The third-order valence-electron chi connectivity index (χ3n) is 3.02. The fraction of sp³-hybridized carbons (Fsp3) is 0.133. The summed E-state index contributed by atoms with van der Waals surface area (Å²) in [7, 11) is 0. The van der Waals surface area contributed by atoms with Crippen LogP contribution in [0.2, 0.25) is 5.15 Å². The summed E-state index contributed by atoms with van der Waals surface area (Å²) in [4.78, 5) is 23.4. The van der Waals surface area contributed by atoms with Gasteiger partial charge in [-0.1, -0.05) is 29.0 Å². The Bertz CT molecular complexity index is 771. The van der Waals surface area contributed by atoms with Crippen LogP contribution < -0.4 is 4.90 Å². The number of aromatic nitrogens is 2. The molecule has 0 aliphatic rings. The number of rotatable bonds is 4. The average Bonchev–Trinajstić information content (AvgIpc) is 3.19. The molecule has 0 fully saturated rings. The molecule has 7 heteroatoms. The van der Waals surface area contributed by atoms with E-state index in [1.54, 1.807) is 17.3 Å². The summed E-state index contributed by atoms with van der Waals surface area (Å²) in [6.45, 7) is 2.45. The molecule has 22 heavy (non-hydrogen) atoms. The summed E-state index contributed by atoms with van der Waals surface area (Å²) in [6.07, 6.45) is 3.44. The molecule has 0 saturated heterocycles. The molecule has 112 valence electrons. The van der Waals surface area contributed by atoms with Crippen LogP contribution in [0.4, 0.5) is 5.00 Å². The molecular weight excluding hydrogens is 338 g/mol. The maximum atomic E-state index is 12.6. The van der Waals surface area contributed by atoms with Crippen LogP contribution in [0.15, 0.2) is 42.0 Å². The third-order valence-corrected chi connectivity index (χ3v) is 5.38. The van der Waals surface area contributed by atoms with E-state index in [2.05, 4.69) is 9.97 Å². The van der Waals surface area contributed by atoms with Crippen LogP contribution in [0.25, 0.3) is 10.6 Å². The highest BCUT2D eigenvalue weighted by Crippen LogP contribution is 2.38. The molecule has 0 aromatic carbocycles. The topological polar surface area (TPSA) is 46.1 Å². The monoisotopic (exact) mass is 349 g/mol. The molecule has 0 radical (unpaired) electrons. The zero-order valence-corrected chi connectivity index (χ0v) is 14.1. The molecular formula is C15H12ClN3OS2. The highest BCUT2D eigenvalue weighted by atomic mass is 35.5. The molecule has 0 aliphatic heterocycles. The molecule has 1 amide bonds. The van der Waals surface area contributed by atoms with Gasteiger partial charge in [0, 0.05) is 24.5 Å². The van der Waals surface area contributed by atoms with Crippen LogP contribution >= 0.6 is 34.3 Å². The molecule has 0 spiro atoms. The average molecular weight is 350 g/mol. The first-order chi connectivity index (χ1) is 10.7. The highest BCUT2D eigenvalue weighted by Gasteiger charge is 2.23. The number of halogens is 1. The summed E-state index contributed by atoms with van der Waals surface area (Å²) < 4.78 is 0. The Morgan fingerprint density at radius 1 is 1.36 bits per heavy atom. The van der Waals surface area contributed by atoms with E-state index >= 15 is 0 Å². The standard InChI is InChI=1S/C15H12ClN3OS2/c1-2-19(14(20)11-6-4-8-21-11)15-12(16)18-13(22-15)10-5-3-7-17-9-10/h3-9H,2H2,1H3. The maximum absolute atomic E-state index is 12.6. The van der Waals surface area contributed by atoms with Gasteiger partial charge in [-0.2, -0.15) is 0 Å². The molecule has 0 aliphatic carbocycles. The van der Waals surface area contributed by atoms with Gasteiger partial charge in [-0.15, -0.1) is 11.3 Å². The van der Waals surface area contributed by atoms with Crippen LogP contribution in [0.1, 0.15) is 16.6 Å². The van der Waals surface area contributed by atoms with Crippen LogP contribution in [0, 0.1) is 0 Å². The van der Waals surface area contributed by atoms with Crippen molar-refractivity contribution in [2.45, 2.75) is 6.92 Å². The van der Waals surface area contributed by atoms with Gasteiger partial charge >= 0.3 is 0 Å². The van der Waals surface area contributed by atoms with Crippen molar-refractivity contribution < 1.29 is 4.79 Å². The van der Waals surface area contributed by atoms with E-state index < -0.39 is 0 Å². The van der Waals surface area contributed by atoms with Gasteiger partial charge in [-0.25, -0.2) is 4.98 Å². The molecule has 3 aromatic rings. The minimum absolute atomic E-state index is 0.0548. The van der Waals surface area contributed by atoms with Gasteiger partial charge in [0.05, 0.1) is 4.88 Å². The quantitative estimate of drug-likeness (QED) is 0.692. The molecule has 3 aromatic heterocycles. The van der Waals surface area contributed by atoms with E-state index in [-0.39, 0.29) is 5.91 Å². The van der Waals surface area contributed by atoms with Crippen molar-refractivity contribution in [2.75, 3.05) is 11.4 Å². The Balaban J connectivity index is 1.97. The Morgan fingerprint density at radius 2 is 2.23 bits per heavy atom. The van der Waals surface area contributed by atoms with Crippen LogP contribution in [0.5, 0.6) is 0 Å². The Labute approximate surface area is 141 Å². The van der Waals surface area contributed by atoms with Gasteiger partial charge in [-0.3, -0.25) is 14.7 Å². The van der Waals surface area contributed by atoms with Crippen molar-refractivity contribution in [3.05, 3.63) is 52.1 Å². The van der Waals surface area contributed by atoms with E-state index in [0.29, 0.717) is 21.6 Å². The second kappa shape index (κ2) is 6.56. The van der Waals surface area contributed by atoms with Crippen molar-refractivity contribution in [3.8, 4) is 10.6 Å². The van der Waals surface area contributed by atoms with Crippen molar-refractivity contribution >= 4 is 45.2 Å². The number of carbonyl (C=O) groups is 1. The lowest BCUT2D eigenvalue weighted by molar-refractivity contribution is 0.0993. The molecule has 3 heterocycles. The first kappa shape index (κ1) is 15.1. The Hall–Kier alpha value is -1.76. The van der Waals surface area contributed by atoms with Gasteiger partial charge in [0.15, 0.2) is 5.15 Å². The van der Waals surface area contributed by atoms with Crippen molar-refractivity contribution in [1.29, 1.82) is 0 Å². The normalized spacial score (nSPS) is 10.6. The van der Waals surface area contributed by atoms with Crippen LogP contribution in [-0.4, -0.2) is 22.4 Å². The number of hydrogen-bond acceptors (Lipinski definition) is 5. The number of hydrogen-bond donors (Lipinski definition) is 0. The van der Waals surface area contributed by atoms with Gasteiger partial charge in [-0.05, 0) is 30.5 Å². The second-order valence-electron chi connectivity index (χ2n) is 4.38. The predicted molar refractivity (Wildman–Crippen MR) is 92.0 cm³/mol. The SMILES string of the molecule is CCN(C(=O)c1cccs1)c1sc(-c2cccnc2)nc1Cl. The van der Waals surface area contributed by atoms with E-state index in [4.69, 9.17) is 11.6 Å². The van der Waals surface area contributed by atoms with Crippen LogP contribution in [-0.2, 0) is 0 Å². The number of pyridine rings is 1. The van der Waals surface area contributed by atoms with E-state index in [1.165, 1.54) is 22.7 Å².